The van der Waals surface area contributed by atoms with Crippen LogP contribution in [0.3, 0.4) is 0 Å². The van der Waals surface area contributed by atoms with Gasteiger partial charge in [-0.25, -0.2) is 14.2 Å². The average Bonchev–Trinajstić information content (AvgIpc) is 3.44. The van der Waals surface area contributed by atoms with E-state index in [-0.39, 0.29) is 29.5 Å². The normalized spacial score (nSPS) is 13.6. The summed E-state index contributed by atoms with van der Waals surface area (Å²) in [5.41, 5.74) is -1.35. The van der Waals surface area contributed by atoms with Crippen molar-refractivity contribution in [2.24, 2.45) is 5.92 Å². The third-order valence-electron chi connectivity index (χ3n) is 4.44. The molecule has 1 aliphatic carbocycles. The third kappa shape index (κ3) is 4.73. The molecule has 0 atom stereocenters. The summed E-state index contributed by atoms with van der Waals surface area (Å²) in [6.07, 6.45) is -2.87. The van der Waals surface area contributed by atoms with Crippen molar-refractivity contribution in [2.75, 3.05) is 19.0 Å². The Morgan fingerprint density at radius 1 is 1.29 bits per heavy atom. The van der Waals surface area contributed by atoms with Crippen molar-refractivity contribution in [3.63, 3.8) is 0 Å². The maximum absolute atomic E-state index is 13.9. The first-order chi connectivity index (χ1) is 12.7. The van der Waals surface area contributed by atoms with E-state index in [1.54, 1.807) is 6.92 Å². The number of nitrogens with zero attached hydrogens (tertiary/aromatic N) is 1. The highest BCUT2D eigenvalue weighted by Crippen LogP contribution is 2.38. The number of carbonyl (C=O) groups excluding carboxylic acids is 1. The van der Waals surface area contributed by atoms with Gasteiger partial charge in [0.15, 0.2) is 0 Å². The van der Waals surface area contributed by atoms with Crippen LogP contribution in [-0.2, 0) is 10.9 Å². The van der Waals surface area contributed by atoms with Crippen LogP contribution in [0.25, 0.3) is 11.3 Å². The van der Waals surface area contributed by atoms with E-state index < -0.39 is 29.1 Å². The van der Waals surface area contributed by atoms with Gasteiger partial charge in [-0.2, -0.15) is 13.2 Å². The standard InChI is InChI=1S/C19H18F4N2O2.ClH/c1-10-3-6-12(7-14(10)20)15-8-13(19(21,22)23)16(18(26)27-2)17(25-15)24-9-11-4-5-11;/h3,6-8,11H,4-5,9H2,1-2H3,(H,24,25);1H. The smallest absolute Gasteiger partial charge is 0.417 e. The molecule has 0 saturated heterocycles. The zero-order valence-electron chi connectivity index (χ0n) is 15.2. The van der Waals surface area contributed by atoms with Gasteiger partial charge in [0.25, 0.3) is 0 Å². The van der Waals surface area contributed by atoms with Crippen molar-refractivity contribution in [1.29, 1.82) is 0 Å². The molecule has 1 N–H and O–H groups in total. The van der Waals surface area contributed by atoms with Crippen molar-refractivity contribution < 1.29 is 27.1 Å². The number of anilines is 1. The van der Waals surface area contributed by atoms with E-state index in [0.717, 1.165) is 32.1 Å². The Morgan fingerprint density at radius 3 is 2.50 bits per heavy atom. The molecule has 2 aromatic rings. The lowest BCUT2D eigenvalue weighted by atomic mass is 10.0. The highest BCUT2D eigenvalue weighted by molar-refractivity contribution is 5.97. The molecule has 1 saturated carbocycles. The number of methoxy groups -OCH3 is 1. The van der Waals surface area contributed by atoms with Crippen LogP contribution in [0.5, 0.6) is 0 Å². The number of ether oxygens (including phenoxy) is 1. The van der Waals surface area contributed by atoms with E-state index in [1.165, 1.54) is 12.1 Å². The number of carbonyl (C=O) groups is 1. The van der Waals surface area contributed by atoms with Crippen LogP contribution in [0.15, 0.2) is 24.3 Å². The Hall–Kier alpha value is -2.35. The number of aryl methyl sites for hydroxylation is 1. The summed E-state index contributed by atoms with van der Waals surface area (Å²) in [6.45, 7) is 1.96. The van der Waals surface area contributed by atoms with E-state index >= 15 is 0 Å². The van der Waals surface area contributed by atoms with Crippen molar-refractivity contribution in [3.05, 3.63) is 46.8 Å². The molecule has 4 nitrogen and oxygen atoms in total. The van der Waals surface area contributed by atoms with Crippen LogP contribution in [0.1, 0.15) is 34.3 Å². The van der Waals surface area contributed by atoms with Gasteiger partial charge < -0.3 is 10.1 Å². The highest BCUT2D eigenvalue weighted by atomic mass is 35.5. The predicted octanol–water partition coefficient (Wildman–Crippen LogP) is 5.25. The molecular weight excluding hydrogens is 400 g/mol. The fourth-order valence-corrected chi connectivity index (χ4v) is 2.67. The largest absolute Gasteiger partial charge is 0.465 e. The second-order valence-corrected chi connectivity index (χ2v) is 6.56. The Balaban J connectivity index is 0.00000280. The quantitative estimate of drug-likeness (QED) is 0.532. The molecule has 3 rings (SSSR count). The zero-order chi connectivity index (χ0) is 19.8. The van der Waals surface area contributed by atoms with Gasteiger partial charge in [0.1, 0.15) is 17.2 Å². The highest BCUT2D eigenvalue weighted by Gasteiger charge is 2.39. The summed E-state index contributed by atoms with van der Waals surface area (Å²) in [5.74, 6) is -1.55. The van der Waals surface area contributed by atoms with Crippen LogP contribution < -0.4 is 5.32 Å². The molecule has 0 spiro atoms. The second-order valence-electron chi connectivity index (χ2n) is 6.56. The van der Waals surface area contributed by atoms with E-state index in [9.17, 15) is 22.4 Å². The fourth-order valence-electron chi connectivity index (χ4n) is 2.67. The molecule has 0 bridgehead atoms. The number of hydrogen-bond acceptors (Lipinski definition) is 4. The number of hydrogen-bond donors (Lipinski definition) is 1. The van der Waals surface area contributed by atoms with Crippen molar-refractivity contribution >= 4 is 24.2 Å². The number of halogens is 5. The molecule has 0 radical (unpaired) electrons. The maximum Gasteiger partial charge on any atom is 0.417 e. The molecular formula is C19H19ClF4N2O2. The molecule has 1 aliphatic rings. The molecule has 1 fully saturated rings. The van der Waals surface area contributed by atoms with Crippen LogP contribution in [-0.4, -0.2) is 24.6 Å². The van der Waals surface area contributed by atoms with Crippen LogP contribution >= 0.6 is 12.4 Å². The summed E-state index contributed by atoms with van der Waals surface area (Å²) in [5, 5.41) is 2.83. The number of esters is 1. The summed E-state index contributed by atoms with van der Waals surface area (Å²) in [4.78, 5) is 16.2. The van der Waals surface area contributed by atoms with Gasteiger partial charge in [-0.05, 0) is 43.4 Å². The summed E-state index contributed by atoms with van der Waals surface area (Å²) in [7, 11) is 1.01. The maximum atomic E-state index is 13.9. The Kier molecular flexibility index (Phi) is 6.54. The predicted molar refractivity (Wildman–Crippen MR) is 99.2 cm³/mol. The molecule has 0 unspecified atom stereocenters. The first kappa shape index (κ1) is 21.9. The molecule has 1 heterocycles. The summed E-state index contributed by atoms with van der Waals surface area (Å²) in [6, 6.07) is 4.83. The zero-order valence-corrected chi connectivity index (χ0v) is 16.0. The summed E-state index contributed by atoms with van der Waals surface area (Å²) >= 11 is 0. The molecule has 9 heteroatoms. The number of alkyl halides is 3. The van der Waals surface area contributed by atoms with Crippen molar-refractivity contribution in [1.82, 2.24) is 4.98 Å². The van der Waals surface area contributed by atoms with Gasteiger partial charge in [-0.3, -0.25) is 0 Å². The average molecular weight is 419 g/mol. The Morgan fingerprint density at radius 2 is 1.96 bits per heavy atom. The van der Waals surface area contributed by atoms with Crippen LogP contribution in [0.2, 0.25) is 0 Å². The lowest BCUT2D eigenvalue weighted by Gasteiger charge is -2.18. The first-order valence-corrected chi connectivity index (χ1v) is 8.41. The molecule has 1 aromatic heterocycles. The number of pyridine rings is 1. The molecule has 28 heavy (non-hydrogen) atoms. The number of nitrogens with one attached hydrogen (secondary N) is 1. The van der Waals surface area contributed by atoms with E-state index in [0.29, 0.717) is 18.0 Å². The fraction of sp³-hybridized carbons (Fsp3) is 0.368. The van der Waals surface area contributed by atoms with E-state index in [4.69, 9.17) is 0 Å². The number of aromatic nitrogens is 1. The lowest BCUT2D eigenvalue weighted by molar-refractivity contribution is -0.138. The van der Waals surface area contributed by atoms with E-state index in [1.807, 2.05) is 0 Å². The van der Waals surface area contributed by atoms with Crippen molar-refractivity contribution in [2.45, 2.75) is 25.9 Å². The molecule has 1 aromatic carbocycles. The minimum Gasteiger partial charge on any atom is -0.465 e. The Labute approximate surface area is 165 Å². The van der Waals surface area contributed by atoms with Gasteiger partial charge in [-0.15, -0.1) is 12.4 Å². The van der Waals surface area contributed by atoms with Gasteiger partial charge in [-0.1, -0.05) is 12.1 Å². The van der Waals surface area contributed by atoms with Gasteiger partial charge in [0, 0.05) is 12.1 Å². The number of benzene rings is 1. The van der Waals surface area contributed by atoms with Crippen LogP contribution in [0, 0.1) is 18.7 Å². The monoisotopic (exact) mass is 418 g/mol. The van der Waals surface area contributed by atoms with E-state index in [2.05, 4.69) is 15.0 Å². The minimum absolute atomic E-state index is 0. The topological polar surface area (TPSA) is 51.2 Å². The molecule has 0 aliphatic heterocycles. The lowest BCUT2D eigenvalue weighted by Crippen LogP contribution is -2.19. The van der Waals surface area contributed by atoms with Gasteiger partial charge in [0.05, 0.1) is 18.4 Å². The SMILES string of the molecule is COC(=O)c1c(C(F)(F)F)cc(-c2ccc(C)c(F)c2)nc1NCC1CC1.Cl. The second kappa shape index (κ2) is 8.34. The Bertz CT molecular complexity index is 883. The van der Waals surface area contributed by atoms with Crippen molar-refractivity contribution in [3.8, 4) is 11.3 Å². The van der Waals surface area contributed by atoms with Crippen LogP contribution in [0.4, 0.5) is 23.4 Å². The molecule has 0 amide bonds. The summed E-state index contributed by atoms with van der Waals surface area (Å²) < 4.78 is 59.3. The van der Waals surface area contributed by atoms with Gasteiger partial charge in [0.2, 0.25) is 0 Å². The van der Waals surface area contributed by atoms with Gasteiger partial charge >= 0.3 is 12.1 Å². The third-order valence-corrected chi connectivity index (χ3v) is 4.44. The molecule has 152 valence electrons. The number of rotatable bonds is 5. The minimum atomic E-state index is -4.81. The first-order valence-electron chi connectivity index (χ1n) is 8.41.